The SMILES string of the molecule is O=C1NCCCC[C@@H](C(=O)NCC(=O)N2CCOCC2)NC(=O)[C@H](Cc2cc(Cl)cc(Cl)c2)C(C(=O)NO)CCCO1. The topological polar surface area (TPSA) is 175 Å². The van der Waals surface area contributed by atoms with Crippen molar-refractivity contribution >= 4 is 52.9 Å². The quantitative estimate of drug-likeness (QED) is 0.232. The van der Waals surface area contributed by atoms with Crippen molar-refractivity contribution in [3.8, 4) is 0 Å². The first-order valence-corrected chi connectivity index (χ1v) is 14.7. The average molecular weight is 631 g/mol. The van der Waals surface area contributed by atoms with Crippen molar-refractivity contribution in [1.29, 1.82) is 0 Å². The number of carbonyl (C=O) groups is 5. The van der Waals surface area contributed by atoms with Crippen LogP contribution in [0, 0.1) is 11.8 Å². The van der Waals surface area contributed by atoms with Crippen LogP contribution in [0.5, 0.6) is 0 Å². The Morgan fingerprint density at radius 1 is 0.976 bits per heavy atom. The fourth-order valence-electron chi connectivity index (χ4n) is 4.94. The summed E-state index contributed by atoms with van der Waals surface area (Å²) in [6.45, 7) is 1.72. The maximum absolute atomic E-state index is 13.8. The molecule has 0 spiro atoms. The number of amides is 5. The number of benzene rings is 1. The molecule has 2 heterocycles. The number of hydrogen-bond acceptors (Lipinski definition) is 8. The second-order valence-electron chi connectivity index (χ2n) is 10.1. The highest BCUT2D eigenvalue weighted by Crippen LogP contribution is 2.27. The molecule has 232 valence electrons. The highest BCUT2D eigenvalue weighted by molar-refractivity contribution is 6.34. The standard InChI is InChI=1S/C27H37Cl2N5O8/c28-18-12-17(13-19(29)15-18)14-21-20(25(37)33-40)4-3-9-42-27(39)30-6-2-1-5-22(32-24(21)36)26(38)31-16-23(35)34-7-10-41-11-8-34/h12-13,15,20-22,40H,1-11,14,16H2,(H,30,39)(H,31,38)(H,32,36)(H,33,37)/t20?,21-,22+/m1/s1. The molecule has 2 fully saturated rings. The van der Waals surface area contributed by atoms with Crippen LogP contribution in [0.15, 0.2) is 18.2 Å². The van der Waals surface area contributed by atoms with Gasteiger partial charge in [0.15, 0.2) is 0 Å². The molecule has 13 nitrogen and oxygen atoms in total. The van der Waals surface area contributed by atoms with Crippen LogP contribution in [-0.2, 0) is 35.1 Å². The van der Waals surface area contributed by atoms with Gasteiger partial charge in [0.25, 0.3) is 0 Å². The van der Waals surface area contributed by atoms with Gasteiger partial charge in [-0.3, -0.25) is 24.4 Å². The number of cyclic esters (lactones) is 1. The zero-order chi connectivity index (χ0) is 30.5. The first-order valence-electron chi connectivity index (χ1n) is 13.9. The van der Waals surface area contributed by atoms with Gasteiger partial charge in [-0.25, -0.2) is 10.3 Å². The van der Waals surface area contributed by atoms with E-state index in [0.717, 1.165) is 0 Å². The number of nitrogens with zero attached hydrogens (tertiary/aromatic N) is 1. The van der Waals surface area contributed by atoms with E-state index in [1.807, 2.05) is 0 Å². The normalized spacial score (nSPS) is 22.8. The van der Waals surface area contributed by atoms with Crippen molar-refractivity contribution in [2.45, 2.75) is 44.6 Å². The predicted octanol–water partition coefficient (Wildman–Crippen LogP) is 1.42. The molecule has 42 heavy (non-hydrogen) atoms. The summed E-state index contributed by atoms with van der Waals surface area (Å²) < 4.78 is 10.4. The maximum atomic E-state index is 13.8. The minimum Gasteiger partial charge on any atom is -0.450 e. The van der Waals surface area contributed by atoms with Crippen molar-refractivity contribution in [3.63, 3.8) is 0 Å². The van der Waals surface area contributed by atoms with Crippen LogP contribution in [-0.4, -0.2) is 91.9 Å². The number of halogens is 2. The number of nitrogens with one attached hydrogen (secondary N) is 4. The molecule has 0 aliphatic carbocycles. The van der Waals surface area contributed by atoms with E-state index in [1.54, 1.807) is 22.5 Å². The zero-order valence-corrected chi connectivity index (χ0v) is 24.7. The maximum Gasteiger partial charge on any atom is 0.407 e. The molecule has 3 rings (SSSR count). The smallest absolute Gasteiger partial charge is 0.407 e. The summed E-state index contributed by atoms with van der Waals surface area (Å²) in [4.78, 5) is 66.0. The van der Waals surface area contributed by atoms with Crippen molar-refractivity contribution in [2.75, 3.05) is 46.0 Å². The number of hydrogen-bond donors (Lipinski definition) is 5. The summed E-state index contributed by atoms with van der Waals surface area (Å²) in [7, 11) is 0. The Morgan fingerprint density at radius 2 is 1.69 bits per heavy atom. The first-order chi connectivity index (χ1) is 20.2. The molecule has 1 aromatic carbocycles. The number of rotatable bonds is 6. The number of carbonyl (C=O) groups excluding carboxylic acids is 5. The van der Waals surface area contributed by atoms with Crippen LogP contribution in [0.4, 0.5) is 4.79 Å². The van der Waals surface area contributed by atoms with E-state index in [4.69, 9.17) is 32.7 Å². The monoisotopic (exact) mass is 629 g/mol. The lowest BCUT2D eigenvalue weighted by Crippen LogP contribution is -2.53. The second-order valence-corrected chi connectivity index (χ2v) is 11.0. The molecule has 2 saturated heterocycles. The molecule has 1 unspecified atom stereocenters. The van der Waals surface area contributed by atoms with Crippen LogP contribution < -0.4 is 21.4 Å². The summed E-state index contributed by atoms with van der Waals surface area (Å²) in [6, 6.07) is 3.72. The molecule has 0 bridgehead atoms. The fourth-order valence-corrected chi connectivity index (χ4v) is 5.51. The molecule has 15 heteroatoms. The summed E-state index contributed by atoms with van der Waals surface area (Å²) in [5, 5.41) is 18.2. The lowest BCUT2D eigenvalue weighted by molar-refractivity contribution is -0.141. The molecule has 1 aromatic rings. The molecule has 5 N–H and O–H groups in total. The van der Waals surface area contributed by atoms with E-state index >= 15 is 0 Å². The predicted molar refractivity (Wildman–Crippen MR) is 152 cm³/mol. The van der Waals surface area contributed by atoms with Gasteiger partial charge < -0.3 is 30.3 Å². The molecule has 2 aliphatic rings. The van der Waals surface area contributed by atoms with Gasteiger partial charge in [-0.15, -0.1) is 0 Å². The Labute approximate surface area is 253 Å². The Morgan fingerprint density at radius 3 is 2.38 bits per heavy atom. The highest BCUT2D eigenvalue weighted by Gasteiger charge is 2.36. The Kier molecular flexibility index (Phi) is 13.6. The van der Waals surface area contributed by atoms with E-state index in [0.29, 0.717) is 61.3 Å². The van der Waals surface area contributed by atoms with E-state index in [2.05, 4.69) is 16.0 Å². The molecule has 0 radical (unpaired) electrons. The third-order valence-electron chi connectivity index (χ3n) is 7.14. The van der Waals surface area contributed by atoms with Crippen molar-refractivity contribution < 1.29 is 38.7 Å². The van der Waals surface area contributed by atoms with Crippen LogP contribution in [0.3, 0.4) is 0 Å². The summed E-state index contributed by atoms with van der Waals surface area (Å²) in [6.07, 6.45) is 0.841. The van der Waals surface area contributed by atoms with E-state index in [9.17, 15) is 29.2 Å². The third kappa shape index (κ3) is 10.6. The highest BCUT2D eigenvalue weighted by atomic mass is 35.5. The third-order valence-corrected chi connectivity index (χ3v) is 7.58. The van der Waals surface area contributed by atoms with Gasteiger partial charge in [-0.1, -0.05) is 23.2 Å². The fraction of sp³-hybridized carbons (Fsp3) is 0.593. The van der Waals surface area contributed by atoms with E-state index < -0.39 is 41.7 Å². The molecule has 0 saturated carbocycles. The number of alkyl carbamates (subject to hydrolysis) is 1. The van der Waals surface area contributed by atoms with Gasteiger partial charge in [-0.2, -0.15) is 0 Å². The van der Waals surface area contributed by atoms with E-state index in [-0.39, 0.29) is 44.7 Å². The lowest BCUT2D eigenvalue weighted by atomic mass is 9.82. The van der Waals surface area contributed by atoms with E-state index in [1.165, 1.54) is 6.07 Å². The minimum absolute atomic E-state index is 0.00932. The van der Waals surface area contributed by atoms with Gasteiger partial charge in [0, 0.05) is 29.7 Å². The molecule has 2 aliphatic heterocycles. The molecule has 0 aromatic heterocycles. The largest absolute Gasteiger partial charge is 0.450 e. The molecular weight excluding hydrogens is 593 g/mol. The van der Waals surface area contributed by atoms with Crippen molar-refractivity contribution in [3.05, 3.63) is 33.8 Å². The van der Waals surface area contributed by atoms with Gasteiger partial charge in [0.2, 0.25) is 23.6 Å². The van der Waals surface area contributed by atoms with Crippen molar-refractivity contribution in [1.82, 2.24) is 26.3 Å². The Bertz CT molecular complexity index is 1100. The molecule has 5 amide bonds. The van der Waals surface area contributed by atoms with Crippen LogP contribution in [0.25, 0.3) is 0 Å². The summed E-state index contributed by atoms with van der Waals surface area (Å²) in [5.74, 6) is -4.37. The van der Waals surface area contributed by atoms with Crippen LogP contribution in [0.2, 0.25) is 10.0 Å². The first kappa shape index (κ1) is 33.4. The van der Waals surface area contributed by atoms with Gasteiger partial charge in [0.1, 0.15) is 6.04 Å². The number of ether oxygens (including phenoxy) is 2. The number of hydroxylamine groups is 1. The Hall–Kier alpha value is -3.13. The van der Waals surface area contributed by atoms with Crippen molar-refractivity contribution in [2.24, 2.45) is 11.8 Å². The minimum atomic E-state index is -1.06. The number of morpholine rings is 1. The van der Waals surface area contributed by atoms with Gasteiger partial charge in [-0.05, 0) is 62.3 Å². The average Bonchev–Trinajstić information content (AvgIpc) is 2.97. The summed E-state index contributed by atoms with van der Waals surface area (Å²) >= 11 is 12.3. The van der Waals surface area contributed by atoms with Crippen LogP contribution >= 0.6 is 23.2 Å². The molecule has 3 atom stereocenters. The molecular formula is C27H37Cl2N5O8. The Balaban J connectivity index is 1.84. The van der Waals surface area contributed by atoms with Crippen LogP contribution in [0.1, 0.15) is 37.7 Å². The summed E-state index contributed by atoms with van der Waals surface area (Å²) in [5.41, 5.74) is 2.19. The zero-order valence-electron chi connectivity index (χ0n) is 23.2. The van der Waals surface area contributed by atoms with Gasteiger partial charge in [0.05, 0.1) is 38.2 Å². The van der Waals surface area contributed by atoms with Gasteiger partial charge >= 0.3 is 6.09 Å². The lowest BCUT2D eigenvalue weighted by Gasteiger charge is -2.28. The second kappa shape index (κ2) is 17.1.